The van der Waals surface area contributed by atoms with Gasteiger partial charge in [0.05, 0.1) is 12.0 Å². The number of aliphatic carboxylic acids is 1. The minimum atomic E-state index is -0.972. The van der Waals surface area contributed by atoms with Gasteiger partial charge in [-0.2, -0.15) is 0 Å². The van der Waals surface area contributed by atoms with E-state index in [2.05, 4.69) is 6.92 Å². The minimum Gasteiger partial charge on any atom is -0.481 e. The Labute approximate surface area is 118 Å². The molecule has 0 heterocycles. The van der Waals surface area contributed by atoms with Crippen LogP contribution >= 0.6 is 0 Å². The van der Waals surface area contributed by atoms with Gasteiger partial charge in [0, 0.05) is 18.8 Å². The molecule has 0 saturated heterocycles. The number of carbonyl (C=O) groups is 2. The number of carboxylic acid groups (broad SMARTS) is 2. The normalized spacial score (nSPS) is 10.3. The Morgan fingerprint density at radius 2 is 1.90 bits per heavy atom. The summed E-state index contributed by atoms with van der Waals surface area (Å²) in [6.45, 7) is 5.09. The molecule has 0 aromatic heterocycles. The highest BCUT2D eigenvalue weighted by molar-refractivity contribution is 5.89. The van der Waals surface area contributed by atoms with Crippen molar-refractivity contribution in [3.05, 3.63) is 29.3 Å². The molecule has 1 aromatic carbocycles. The number of hydrogen-bond donors (Lipinski definition) is 2. The molecule has 0 unspecified atom stereocenters. The first-order valence-corrected chi connectivity index (χ1v) is 6.76. The fourth-order valence-electron chi connectivity index (χ4n) is 2.02. The molecule has 20 heavy (non-hydrogen) atoms. The van der Waals surface area contributed by atoms with Gasteiger partial charge in [0.2, 0.25) is 0 Å². The number of carboxylic acids is 2. The van der Waals surface area contributed by atoms with E-state index >= 15 is 0 Å². The first kappa shape index (κ1) is 16.0. The van der Waals surface area contributed by atoms with Gasteiger partial charge >= 0.3 is 11.9 Å². The van der Waals surface area contributed by atoms with Gasteiger partial charge in [0.25, 0.3) is 0 Å². The molecule has 0 amide bonds. The molecule has 0 spiro atoms. The molecule has 110 valence electrons. The lowest BCUT2D eigenvalue weighted by Gasteiger charge is -2.26. The highest BCUT2D eigenvalue weighted by Gasteiger charge is 2.13. The zero-order valence-corrected chi connectivity index (χ0v) is 11.9. The number of aromatic carboxylic acids is 1. The van der Waals surface area contributed by atoms with Crippen LogP contribution in [-0.4, -0.2) is 35.2 Å². The smallest absolute Gasteiger partial charge is 0.335 e. The van der Waals surface area contributed by atoms with Crippen molar-refractivity contribution < 1.29 is 19.8 Å². The Bertz CT molecular complexity index is 485. The topological polar surface area (TPSA) is 77.8 Å². The molecule has 0 aliphatic rings. The zero-order chi connectivity index (χ0) is 15.1. The third kappa shape index (κ3) is 4.57. The third-order valence-electron chi connectivity index (χ3n) is 3.17. The van der Waals surface area contributed by atoms with Crippen LogP contribution in [0, 0.1) is 6.92 Å². The summed E-state index contributed by atoms with van der Waals surface area (Å²) in [5.74, 6) is -1.82. The second-order valence-electron chi connectivity index (χ2n) is 4.79. The van der Waals surface area contributed by atoms with Gasteiger partial charge < -0.3 is 15.1 Å². The molecule has 5 heteroatoms. The van der Waals surface area contributed by atoms with Crippen LogP contribution in [-0.2, 0) is 4.79 Å². The quantitative estimate of drug-likeness (QED) is 0.765. The summed E-state index contributed by atoms with van der Waals surface area (Å²) in [7, 11) is 0. The van der Waals surface area contributed by atoms with Crippen LogP contribution in [0.4, 0.5) is 5.69 Å². The molecular weight excluding hydrogens is 258 g/mol. The predicted molar refractivity (Wildman–Crippen MR) is 77.5 cm³/mol. The number of nitrogens with zero attached hydrogens (tertiary/aromatic N) is 1. The summed E-state index contributed by atoms with van der Waals surface area (Å²) in [6.07, 6.45) is 1.98. The zero-order valence-electron chi connectivity index (χ0n) is 11.9. The molecule has 1 rings (SSSR count). The monoisotopic (exact) mass is 279 g/mol. The Hall–Kier alpha value is -2.04. The standard InChI is InChI=1S/C15H21NO4/c1-3-4-8-16(9-7-14(17)18)13-10-12(15(19)20)6-5-11(13)2/h5-6,10H,3-4,7-9H2,1-2H3,(H,17,18)(H,19,20). The van der Waals surface area contributed by atoms with Gasteiger partial charge in [-0.05, 0) is 31.0 Å². The average molecular weight is 279 g/mol. The fourth-order valence-corrected chi connectivity index (χ4v) is 2.02. The summed E-state index contributed by atoms with van der Waals surface area (Å²) in [4.78, 5) is 23.8. The Morgan fingerprint density at radius 1 is 1.20 bits per heavy atom. The third-order valence-corrected chi connectivity index (χ3v) is 3.17. The van der Waals surface area contributed by atoms with Crippen molar-refractivity contribution in [3.8, 4) is 0 Å². The van der Waals surface area contributed by atoms with E-state index in [-0.39, 0.29) is 12.0 Å². The first-order chi connectivity index (χ1) is 9.45. The molecule has 0 radical (unpaired) electrons. The SMILES string of the molecule is CCCCN(CCC(=O)O)c1cc(C(=O)O)ccc1C. The van der Waals surface area contributed by atoms with Gasteiger partial charge in [-0.25, -0.2) is 4.79 Å². The average Bonchev–Trinajstić information content (AvgIpc) is 2.39. The van der Waals surface area contributed by atoms with E-state index in [1.165, 1.54) is 0 Å². The highest BCUT2D eigenvalue weighted by atomic mass is 16.4. The summed E-state index contributed by atoms with van der Waals surface area (Å²) in [5, 5.41) is 17.9. The van der Waals surface area contributed by atoms with Crippen LogP contribution in [0.2, 0.25) is 0 Å². The second kappa shape index (κ2) is 7.53. The van der Waals surface area contributed by atoms with Gasteiger partial charge in [-0.15, -0.1) is 0 Å². The van der Waals surface area contributed by atoms with Crippen molar-refractivity contribution in [2.24, 2.45) is 0 Å². The van der Waals surface area contributed by atoms with E-state index in [1.807, 2.05) is 11.8 Å². The number of anilines is 1. The lowest BCUT2D eigenvalue weighted by Crippen LogP contribution is -2.28. The highest BCUT2D eigenvalue weighted by Crippen LogP contribution is 2.22. The molecular formula is C15H21NO4. The van der Waals surface area contributed by atoms with Gasteiger partial charge in [0.1, 0.15) is 0 Å². The lowest BCUT2D eigenvalue weighted by atomic mass is 10.1. The molecule has 2 N–H and O–H groups in total. The van der Waals surface area contributed by atoms with Crippen LogP contribution in [0.25, 0.3) is 0 Å². The van der Waals surface area contributed by atoms with Crippen molar-refractivity contribution in [1.82, 2.24) is 0 Å². The molecule has 0 atom stereocenters. The van der Waals surface area contributed by atoms with Crippen LogP contribution < -0.4 is 4.90 Å². The van der Waals surface area contributed by atoms with E-state index in [4.69, 9.17) is 10.2 Å². The van der Waals surface area contributed by atoms with Crippen LogP contribution in [0.5, 0.6) is 0 Å². The maximum absolute atomic E-state index is 11.1. The van der Waals surface area contributed by atoms with Crippen molar-refractivity contribution >= 4 is 17.6 Å². The van der Waals surface area contributed by atoms with Crippen molar-refractivity contribution in [1.29, 1.82) is 0 Å². The molecule has 0 aliphatic heterocycles. The lowest BCUT2D eigenvalue weighted by molar-refractivity contribution is -0.136. The number of unbranched alkanes of at least 4 members (excludes halogenated alkanes) is 1. The van der Waals surface area contributed by atoms with Crippen molar-refractivity contribution in [2.45, 2.75) is 33.1 Å². The second-order valence-corrected chi connectivity index (χ2v) is 4.79. The van der Waals surface area contributed by atoms with E-state index in [0.29, 0.717) is 6.54 Å². The summed E-state index contributed by atoms with van der Waals surface area (Å²) in [6, 6.07) is 4.95. The minimum absolute atomic E-state index is 0.0421. The van der Waals surface area contributed by atoms with Crippen molar-refractivity contribution in [3.63, 3.8) is 0 Å². The first-order valence-electron chi connectivity index (χ1n) is 6.76. The summed E-state index contributed by atoms with van der Waals surface area (Å²) < 4.78 is 0. The number of aryl methyl sites for hydroxylation is 1. The summed E-state index contributed by atoms with van der Waals surface area (Å²) in [5.41, 5.74) is 1.98. The Kier molecular flexibility index (Phi) is 6.03. The van der Waals surface area contributed by atoms with Gasteiger partial charge in [-0.3, -0.25) is 4.79 Å². The van der Waals surface area contributed by atoms with Crippen LogP contribution in [0.3, 0.4) is 0 Å². The van der Waals surface area contributed by atoms with Crippen LogP contribution in [0.1, 0.15) is 42.1 Å². The number of benzene rings is 1. The van der Waals surface area contributed by atoms with E-state index in [1.54, 1.807) is 18.2 Å². The van der Waals surface area contributed by atoms with Gasteiger partial charge in [0.15, 0.2) is 0 Å². The van der Waals surface area contributed by atoms with E-state index < -0.39 is 11.9 Å². The Balaban J connectivity index is 3.00. The predicted octanol–water partition coefficient (Wildman–Crippen LogP) is 2.77. The number of hydrogen-bond acceptors (Lipinski definition) is 3. The summed E-state index contributed by atoms with van der Waals surface area (Å²) >= 11 is 0. The fraction of sp³-hybridized carbons (Fsp3) is 0.467. The Morgan fingerprint density at radius 3 is 2.45 bits per heavy atom. The largest absolute Gasteiger partial charge is 0.481 e. The molecule has 0 saturated carbocycles. The number of rotatable bonds is 8. The van der Waals surface area contributed by atoms with Crippen molar-refractivity contribution in [2.75, 3.05) is 18.0 Å². The molecule has 0 fully saturated rings. The maximum Gasteiger partial charge on any atom is 0.335 e. The molecule has 0 aliphatic carbocycles. The molecule has 1 aromatic rings. The molecule has 0 bridgehead atoms. The van der Waals surface area contributed by atoms with E-state index in [0.717, 1.165) is 30.6 Å². The molecule has 5 nitrogen and oxygen atoms in total. The van der Waals surface area contributed by atoms with Crippen LogP contribution in [0.15, 0.2) is 18.2 Å². The van der Waals surface area contributed by atoms with Gasteiger partial charge in [-0.1, -0.05) is 19.4 Å². The maximum atomic E-state index is 11.1. The van der Waals surface area contributed by atoms with E-state index in [9.17, 15) is 9.59 Å².